The fraction of sp³-hybridized carbons (Fsp3) is 0.350. The highest BCUT2D eigenvalue weighted by Crippen LogP contribution is 2.33. The Hall–Kier alpha value is -2.55. The summed E-state index contributed by atoms with van der Waals surface area (Å²) < 4.78 is 64.4. The lowest BCUT2D eigenvalue weighted by molar-refractivity contribution is -0.137. The van der Waals surface area contributed by atoms with Crippen molar-refractivity contribution in [2.45, 2.75) is 39.0 Å². The third-order valence-corrected chi connectivity index (χ3v) is 5.69. The highest BCUT2D eigenvalue weighted by molar-refractivity contribution is 7.92. The Morgan fingerprint density at radius 1 is 1.07 bits per heavy atom. The number of amides is 1. The first-order valence-electron chi connectivity index (χ1n) is 8.84. The Balaban J connectivity index is 2.31. The molecule has 0 radical (unpaired) electrons. The van der Waals surface area contributed by atoms with E-state index in [0.717, 1.165) is 29.5 Å². The van der Waals surface area contributed by atoms with Gasteiger partial charge in [0.1, 0.15) is 6.04 Å². The molecule has 2 atom stereocenters. The molecule has 0 spiro atoms. The van der Waals surface area contributed by atoms with Crippen LogP contribution in [0.1, 0.15) is 36.6 Å². The molecule has 0 saturated heterocycles. The molecule has 5 nitrogen and oxygen atoms in total. The van der Waals surface area contributed by atoms with Crippen molar-refractivity contribution in [1.82, 2.24) is 5.32 Å². The first kappa shape index (κ1) is 22.7. The summed E-state index contributed by atoms with van der Waals surface area (Å²) in [6.07, 6.45) is -3.79. The second-order valence-electron chi connectivity index (χ2n) is 6.92. The SMILES string of the molecule is Cc1ccc([C@H](C)NC(=O)[C@H](C)N(c2cccc(C(F)(F)F)c2)S(C)(=O)=O)cc1. The van der Waals surface area contributed by atoms with Crippen LogP contribution in [0.25, 0.3) is 0 Å². The molecule has 1 amide bonds. The quantitative estimate of drug-likeness (QED) is 0.755. The van der Waals surface area contributed by atoms with E-state index in [0.29, 0.717) is 10.4 Å². The molecule has 29 heavy (non-hydrogen) atoms. The molecular formula is C20H23F3N2O3S. The maximum Gasteiger partial charge on any atom is 0.416 e. The van der Waals surface area contributed by atoms with Crippen LogP contribution in [-0.4, -0.2) is 26.6 Å². The predicted octanol–water partition coefficient (Wildman–Crippen LogP) is 4.05. The lowest BCUT2D eigenvalue weighted by Crippen LogP contribution is -2.48. The van der Waals surface area contributed by atoms with Crippen LogP contribution < -0.4 is 9.62 Å². The number of carbonyl (C=O) groups is 1. The molecule has 0 heterocycles. The highest BCUT2D eigenvalue weighted by atomic mass is 32.2. The van der Waals surface area contributed by atoms with E-state index in [2.05, 4.69) is 5.32 Å². The first-order chi connectivity index (χ1) is 13.3. The maximum absolute atomic E-state index is 13.0. The van der Waals surface area contributed by atoms with Crippen molar-refractivity contribution in [2.75, 3.05) is 10.6 Å². The highest BCUT2D eigenvalue weighted by Gasteiger charge is 2.34. The van der Waals surface area contributed by atoms with Gasteiger partial charge in [0.2, 0.25) is 15.9 Å². The summed E-state index contributed by atoms with van der Waals surface area (Å²) in [7, 11) is -4.03. The second-order valence-corrected chi connectivity index (χ2v) is 8.78. The maximum atomic E-state index is 13.0. The molecule has 9 heteroatoms. The van der Waals surface area contributed by atoms with Crippen LogP contribution in [-0.2, 0) is 21.0 Å². The van der Waals surface area contributed by atoms with Crippen molar-refractivity contribution in [1.29, 1.82) is 0 Å². The lowest BCUT2D eigenvalue weighted by atomic mass is 10.1. The van der Waals surface area contributed by atoms with E-state index in [-0.39, 0.29) is 5.69 Å². The number of carbonyl (C=O) groups excluding carboxylic acids is 1. The van der Waals surface area contributed by atoms with Crippen molar-refractivity contribution in [3.8, 4) is 0 Å². The average molecular weight is 428 g/mol. The largest absolute Gasteiger partial charge is 0.416 e. The summed E-state index contributed by atoms with van der Waals surface area (Å²) in [6.45, 7) is 5.00. The summed E-state index contributed by atoms with van der Waals surface area (Å²) in [5.74, 6) is -0.624. The summed E-state index contributed by atoms with van der Waals surface area (Å²) in [5.41, 5.74) is 0.645. The van der Waals surface area contributed by atoms with Crippen LogP contribution in [0.2, 0.25) is 0 Å². The van der Waals surface area contributed by atoms with Gasteiger partial charge in [-0.25, -0.2) is 8.42 Å². The normalized spacial score (nSPS) is 14.2. The van der Waals surface area contributed by atoms with Gasteiger partial charge in [0, 0.05) is 0 Å². The fourth-order valence-corrected chi connectivity index (χ4v) is 4.07. The zero-order chi connectivity index (χ0) is 22.0. The minimum atomic E-state index is -4.63. The molecular weight excluding hydrogens is 405 g/mol. The molecule has 0 aromatic heterocycles. The average Bonchev–Trinajstić information content (AvgIpc) is 2.60. The van der Waals surface area contributed by atoms with Crippen LogP contribution in [0.4, 0.5) is 18.9 Å². The van der Waals surface area contributed by atoms with E-state index in [1.807, 2.05) is 31.2 Å². The number of nitrogens with one attached hydrogen (secondary N) is 1. The molecule has 0 unspecified atom stereocenters. The minimum absolute atomic E-state index is 0.229. The standard InChI is InChI=1S/C20H23F3N2O3S/c1-13-8-10-16(11-9-13)14(2)24-19(26)15(3)25(29(4,27)28)18-7-5-6-17(12-18)20(21,22)23/h5-12,14-15H,1-4H3,(H,24,26)/t14-,15-/m0/s1. The number of rotatable bonds is 6. The van der Waals surface area contributed by atoms with Gasteiger partial charge in [-0.05, 0) is 44.5 Å². The molecule has 0 fully saturated rings. The third-order valence-electron chi connectivity index (χ3n) is 4.45. The summed E-state index contributed by atoms with van der Waals surface area (Å²) in [6, 6.07) is 9.68. The summed E-state index contributed by atoms with van der Waals surface area (Å²) >= 11 is 0. The van der Waals surface area contributed by atoms with E-state index >= 15 is 0 Å². The number of anilines is 1. The Bertz CT molecular complexity index is 973. The molecule has 0 saturated carbocycles. The molecule has 0 aliphatic rings. The number of sulfonamides is 1. The molecule has 0 aliphatic carbocycles. The van der Waals surface area contributed by atoms with Gasteiger partial charge in [-0.15, -0.1) is 0 Å². The first-order valence-corrected chi connectivity index (χ1v) is 10.7. The summed E-state index contributed by atoms with van der Waals surface area (Å²) in [4.78, 5) is 12.7. The van der Waals surface area contributed by atoms with Crippen LogP contribution in [0, 0.1) is 6.92 Å². The van der Waals surface area contributed by atoms with Crippen molar-refractivity contribution in [3.63, 3.8) is 0 Å². The van der Waals surface area contributed by atoms with Crippen LogP contribution >= 0.6 is 0 Å². The Morgan fingerprint density at radius 2 is 1.66 bits per heavy atom. The van der Waals surface area contributed by atoms with Crippen LogP contribution in [0.15, 0.2) is 48.5 Å². The van der Waals surface area contributed by atoms with Gasteiger partial charge < -0.3 is 5.32 Å². The van der Waals surface area contributed by atoms with E-state index < -0.39 is 39.8 Å². The molecule has 158 valence electrons. The number of hydrogen-bond acceptors (Lipinski definition) is 3. The Kier molecular flexibility index (Phi) is 6.62. The molecule has 0 aliphatic heterocycles. The van der Waals surface area contributed by atoms with Crippen molar-refractivity contribution < 1.29 is 26.4 Å². The molecule has 0 bridgehead atoms. The number of benzene rings is 2. The van der Waals surface area contributed by atoms with E-state index in [1.54, 1.807) is 6.92 Å². The topological polar surface area (TPSA) is 66.5 Å². The van der Waals surface area contributed by atoms with Gasteiger partial charge in [0.05, 0.1) is 23.5 Å². The zero-order valence-corrected chi connectivity index (χ0v) is 17.3. The van der Waals surface area contributed by atoms with Crippen LogP contribution in [0.3, 0.4) is 0 Å². The smallest absolute Gasteiger partial charge is 0.348 e. The molecule has 2 rings (SSSR count). The van der Waals surface area contributed by atoms with Gasteiger partial charge in [0.15, 0.2) is 0 Å². The van der Waals surface area contributed by atoms with Gasteiger partial charge >= 0.3 is 6.18 Å². The summed E-state index contributed by atoms with van der Waals surface area (Å²) in [5, 5.41) is 2.72. The minimum Gasteiger partial charge on any atom is -0.348 e. The van der Waals surface area contributed by atoms with Crippen molar-refractivity contribution in [3.05, 3.63) is 65.2 Å². The monoisotopic (exact) mass is 428 g/mol. The van der Waals surface area contributed by atoms with E-state index in [4.69, 9.17) is 0 Å². The third kappa shape index (κ3) is 5.72. The van der Waals surface area contributed by atoms with Crippen molar-refractivity contribution in [2.24, 2.45) is 0 Å². The number of hydrogen-bond donors (Lipinski definition) is 1. The molecule has 1 N–H and O–H groups in total. The lowest BCUT2D eigenvalue weighted by Gasteiger charge is -2.29. The second kappa shape index (κ2) is 8.44. The molecule has 2 aromatic rings. The number of halogens is 3. The predicted molar refractivity (Wildman–Crippen MR) is 106 cm³/mol. The van der Waals surface area contributed by atoms with E-state index in [1.165, 1.54) is 13.0 Å². The number of alkyl halides is 3. The van der Waals surface area contributed by atoms with E-state index in [9.17, 15) is 26.4 Å². The Labute approximate surface area is 168 Å². The van der Waals surface area contributed by atoms with Crippen molar-refractivity contribution >= 4 is 21.6 Å². The van der Waals surface area contributed by atoms with Crippen LogP contribution in [0.5, 0.6) is 0 Å². The van der Waals surface area contributed by atoms with Gasteiger partial charge in [0.25, 0.3) is 0 Å². The van der Waals surface area contributed by atoms with Gasteiger partial charge in [-0.3, -0.25) is 9.10 Å². The Morgan fingerprint density at radius 3 is 2.17 bits per heavy atom. The van der Waals surface area contributed by atoms with Gasteiger partial charge in [-0.2, -0.15) is 13.2 Å². The number of nitrogens with zero attached hydrogens (tertiary/aromatic N) is 1. The zero-order valence-electron chi connectivity index (χ0n) is 16.5. The molecule has 2 aromatic carbocycles. The number of aryl methyl sites for hydroxylation is 1. The van der Waals surface area contributed by atoms with Gasteiger partial charge in [-0.1, -0.05) is 35.9 Å². The fourth-order valence-electron chi connectivity index (χ4n) is 2.90.